The fourth-order valence-corrected chi connectivity index (χ4v) is 7.82. The molecule has 10 heteroatoms. The molecule has 2 aromatic carbocycles. The van der Waals surface area contributed by atoms with Crippen LogP contribution in [0.15, 0.2) is 42.5 Å². The molecule has 0 N–H and O–H groups in total. The van der Waals surface area contributed by atoms with E-state index in [1.807, 2.05) is 56.3 Å². The summed E-state index contributed by atoms with van der Waals surface area (Å²) in [6, 6.07) is 13.7. The molecule has 1 saturated heterocycles. The van der Waals surface area contributed by atoms with Crippen molar-refractivity contribution in [3.63, 3.8) is 0 Å². The summed E-state index contributed by atoms with van der Waals surface area (Å²) in [6.07, 6.45) is 1.49. The lowest BCUT2D eigenvalue weighted by molar-refractivity contribution is -0.199. The van der Waals surface area contributed by atoms with Crippen LogP contribution in [0, 0.1) is 17.3 Å². The summed E-state index contributed by atoms with van der Waals surface area (Å²) in [5.74, 6) is 0.0642. The van der Waals surface area contributed by atoms with Crippen molar-refractivity contribution in [2.24, 2.45) is 17.3 Å². The Bertz CT molecular complexity index is 1510. The first-order valence-electron chi connectivity index (χ1n) is 18.1. The quantitative estimate of drug-likeness (QED) is 0.123. The molecular weight excluding hydrogens is 635 g/mol. The predicted octanol–water partition coefficient (Wildman–Crippen LogP) is 8.91. The summed E-state index contributed by atoms with van der Waals surface area (Å²) in [6.45, 7) is 22.1. The third kappa shape index (κ3) is 8.75. The van der Waals surface area contributed by atoms with Gasteiger partial charge < -0.3 is 33.0 Å². The molecule has 2 unspecified atom stereocenters. The molecule has 4 fully saturated rings. The molecule has 2 aromatic rings. The van der Waals surface area contributed by atoms with Crippen molar-refractivity contribution < 1.29 is 42.6 Å². The Balaban J connectivity index is 1.55. The molecule has 0 amide bonds. The molecule has 1 aliphatic heterocycles. The van der Waals surface area contributed by atoms with Crippen LogP contribution in [0.25, 0.3) is 0 Å². The Morgan fingerprint density at radius 2 is 1.60 bits per heavy atom. The number of carbonyl (C=O) groups excluding carboxylic acids is 2. The lowest BCUT2D eigenvalue weighted by Crippen LogP contribution is -2.65. The van der Waals surface area contributed by atoms with Crippen molar-refractivity contribution in [2.75, 3.05) is 6.61 Å². The van der Waals surface area contributed by atoms with Crippen LogP contribution in [-0.4, -0.2) is 54.9 Å². The van der Waals surface area contributed by atoms with Gasteiger partial charge in [-0.3, -0.25) is 0 Å². The van der Waals surface area contributed by atoms with Crippen LogP contribution in [0.4, 0.5) is 4.79 Å². The van der Waals surface area contributed by atoms with Gasteiger partial charge in [-0.1, -0.05) is 56.3 Å². The van der Waals surface area contributed by atoms with Gasteiger partial charge >= 0.3 is 19.2 Å². The number of rotatable bonds is 12. The lowest BCUT2D eigenvalue weighted by atomic mass is 9.43. The van der Waals surface area contributed by atoms with E-state index in [1.54, 1.807) is 41.5 Å². The second-order valence-electron chi connectivity index (χ2n) is 17.3. The van der Waals surface area contributed by atoms with Crippen LogP contribution in [0.3, 0.4) is 0 Å². The highest BCUT2D eigenvalue weighted by Gasteiger charge is 2.67. The predicted molar refractivity (Wildman–Crippen MR) is 192 cm³/mol. The van der Waals surface area contributed by atoms with Gasteiger partial charge in [0, 0.05) is 11.5 Å². The van der Waals surface area contributed by atoms with Crippen LogP contribution in [0.5, 0.6) is 5.75 Å². The van der Waals surface area contributed by atoms with E-state index in [2.05, 4.69) is 20.8 Å². The molecule has 5 atom stereocenters. The van der Waals surface area contributed by atoms with E-state index in [4.69, 9.17) is 33.0 Å². The maximum atomic E-state index is 14.1. The van der Waals surface area contributed by atoms with Crippen LogP contribution in [0.1, 0.15) is 122 Å². The monoisotopic (exact) mass is 692 g/mol. The van der Waals surface area contributed by atoms with Crippen molar-refractivity contribution in [1.29, 1.82) is 0 Å². The first-order chi connectivity index (χ1) is 23.3. The summed E-state index contributed by atoms with van der Waals surface area (Å²) < 4.78 is 43.4. The van der Waals surface area contributed by atoms with Crippen molar-refractivity contribution in [2.45, 2.75) is 143 Å². The molecule has 2 bridgehead atoms. The highest BCUT2D eigenvalue weighted by atomic mass is 16.7. The average molecular weight is 693 g/mol. The van der Waals surface area contributed by atoms with Gasteiger partial charge in [0.1, 0.15) is 16.8 Å². The summed E-state index contributed by atoms with van der Waals surface area (Å²) in [5.41, 5.74) is 0.444. The zero-order valence-electron chi connectivity index (χ0n) is 31.9. The Morgan fingerprint density at radius 1 is 0.920 bits per heavy atom. The Kier molecular flexibility index (Phi) is 11.2. The number of benzene rings is 2. The number of esters is 1. The second kappa shape index (κ2) is 14.6. The molecule has 6 rings (SSSR count). The van der Waals surface area contributed by atoms with E-state index >= 15 is 0 Å². The number of ether oxygens (including phenoxy) is 5. The fraction of sp³-hybridized carbons (Fsp3) is 0.650. The average Bonchev–Trinajstić information content (AvgIpc) is 3.33. The van der Waals surface area contributed by atoms with Gasteiger partial charge in [-0.15, -0.1) is 0 Å². The molecule has 274 valence electrons. The van der Waals surface area contributed by atoms with E-state index in [-0.39, 0.29) is 42.1 Å². The molecule has 50 heavy (non-hydrogen) atoms. The normalized spacial score (nSPS) is 24.7. The van der Waals surface area contributed by atoms with Crippen LogP contribution in [0.2, 0.25) is 6.32 Å². The highest BCUT2D eigenvalue weighted by Crippen LogP contribution is 2.66. The minimum absolute atomic E-state index is 0.000489. The molecule has 0 aromatic heterocycles. The van der Waals surface area contributed by atoms with Gasteiger partial charge in [-0.25, -0.2) is 9.59 Å². The molecule has 1 heterocycles. The molecule has 3 aliphatic carbocycles. The van der Waals surface area contributed by atoms with Gasteiger partial charge in [0.15, 0.2) is 5.75 Å². The minimum Gasteiger partial charge on any atom is -0.456 e. The van der Waals surface area contributed by atoms with Crippen molar-refractivity contribution >= 4 is 19.2 Å². The molecule has 3 saturated carbocycles. The van der Waals surface area contributed by atoms with Crippen LogP contribution < -0.4 is 4.74 Å². The Labute approximate surface area is 299 Å². The highest BCUT2D eigenvalue weighted by molar-refractivity contribution is 6.45. The minimum atomic E-state index is -0.927. The van der Waals surface area contributed by atoms with Crippen LogP contribution in [-0.2, 0) is 41.5 Å². The molecule has 9 nitrogen and oxygen atoms in total. The number of hydrogen-bond acceptors (Lipinski definition) is 9. The third-order valence-electron chi connectivity index (χ3n) is 10.4. The van der Waals surface area contributed by atoms with Gasteiger partial charge in [-0.05, 0) is 110 Å². The van der Waals surface area contributed by atoms with Gasteiger partial charge in [-0.2, -0.15) is 0 Å². The maximum Gasteiger partial charge on any atom is 0.514 e. The number of carbonyl (C=O) groups is 2. The fourth-order valence-electron chi connectivity index (χ4n) is 7.82. The SMILES string of the molecule is CC(C)OCc1ccc(C(COCc2ccccc2)CB2OC3C[C@H]4C[C@H](C4(C)C)[C@]3(C)O2)c(OC(=O)OC(C)(C)C)c1C(=O)OC(C)(C)C. The summed E-state index contributed by atoms with van der Waals surface area (Å²) >= 11 is 0. The first kappa shape index (κ1) is 38.3. The molecule has 0 radical (unpaired) electrons. The van der Waals surface area contributed by atoms with Crippen molar-refractivity contribution in [3.8, 4) is 5.75 Å². The summed E-state index contributed by atoms with van der Waals surface area (Å²) in [7, 11) is -0.520. The Morgan fingerprint density at radius 3 is 2.22 bits per heavy atom. The van der Waals surface area contributed by atoms with Crippen molar-refractivity contribution in [1.82, 2.24) is 0 Å². The summed E-state index contributed by atoms with van der Waals surface area (Å²) in [5, 5.41) is 0. The Hall–Kier alpha value is -2.92. The van der Waals surface area contributed by atoms with Gasteiger partial charge in [0.05, 0.1) is 37.6 Å². The van der Waals surface area contributed by atoms with Crippen molar-refractivity contribution in [3.05, 3.63) is 64.7 Å². The van der Waals surface area contributed by atoms with Crippen LogP contribution >= 0.6 is 0 Å². The topological polar surface area (TPSA) is 98.8 Å². The first-order valence-corrected chi connectivity index (χ1v) is 18.1. The summed E-state index contributed by atoms with van der Waals surface area (Å²) in [4.78, 5) is 27.4. The zero-order valence-corrected chi connectivity index (χ0v) is 31.9. The molecular formula is C40H57BO9. The molecule has 4 aliphatic rings. The largest absolute Gasteiger partial charge is 0.514 e. The molecule has 0 spiro atoms. The maximum absolute atomic E-state index is 14.1. The zero-order chi connectivity index (χ0) is 36.6. The standard InChI is InChI=1S/C40H57BO9/c1-25(2)45-24-27-17-18-30(34(46-36(43)48-38(6,7)8)33(27)35(42)47-37(3,4)5)28(23-44-22-26-15-13-12-14-16-26)21-41-49-32-20-29-19-31(39(29,9)10)40(32,11)50-41/h12-18,25,28-29,31-32H,19-24H2,1-11H3/t28?,29-,31-,32?,40+/m1/s1. The van der Waals surface area contributed by atoms with E-state index in [0.29, 0.717) is 35.9 Å². The van der Waals surface area contributed by atoms with E-state index < -0.39 is 42.0 Å². The van der Waals surface area contributed by atoms with Gasteiger partial charge in [0.2, 0.25) is 0 Å². The van der Waals surface area contributed by atoms with E-state index in [9.17, 15) is 9.59 Å². The third-order valence-corrected chi connectivity index (χ3v) is 10.4. The van der Waals surface area contributed by atoms with E-state index in [1.165, 1.54) is 0 Å². The second-order valence-corrected chi connectivity index (χ2v) is 17.3. The van der Waals surface area contributed by atoms with Gasteiger partial charge in [0.25, 0.3) is 0 Å². The number of hydrogen-bond donors (Lipinski definition) is 0. The van der Waals surface area contributed by atoms with E-state index in [0.717, 1.165) is 18.4 Å². The smallest absolute Gasteiger partial charge is 0.456 e. The lowest BCUT2D eigenvalue weighted by Gasteiger charge is -2.64.